The van der Waals surface area contributed by atoms with E-state index in [9.17, 15) is 5.11 Å². The topological polar surface area (TPSA) is 51.6 Å². The highest BCUT2D eigenvalue weighted by Crippen LogP contribution is 2.50. The summed E-state index contributed by atoms with van der Waals surface area (Å²) in [7, 11) is 1.71. The molecule has 1 saturated heterocycles. The molecule has 0 amide bonds. The van der Waals surface area contributed by atoms with Crippen LogP contribution in [0.5, 0.6) is 5.75 Å². The van der Waals surface area contributed by atoms with Crippen LogP contribution >= 0.6 is 11.3 Å². The third-order valence-electron chi connectivity index (χ3n) is 6.20. The zero-order valence-corrected chi connectivity index (χ0v) is 17.3. The Hall–Kier alpha value is -1.43. The summed E-state index contributed by atoms with van der Waals surface area (Å²) in [6, 6.07) is 7.97. The highest BCUT2D eigenvalue weighted by Gasteiger charge is 2.50. The van der Waals surface area contributed by atoms with E-state index < -0.39 is 18.1 Å². The zero-order chi connectivity index (χ0) is 22.2. The largest absolute Gasteiger partial charge is 0.496 e. The van der Waals surface area contributed by atoms with E-state index >= 15 is 0 Å². The van der Waals surface area contributed by atoms with E-state index in [1.54, 1.807) is 18.4 Å². The molecular formula is C23H31NO3S. The molecule has 2 aromatic heterocycles. The quantitative estimate of drug-likeness (QED) is 0.667. The van der Waals surface area contributed by atoms with Gasteiger partial charge in [-0.2, -0.15) is 0 Å². The molecule has 2 unspecified atom stereocenters. The molecule has 0 bridgehead atoms. The average molecular weight is 405 g/mol. The minimum atomic E-state index is -2.13. The fourth-order valence-electron chi connectivity index (χ4n) is 4.82. The van der Waals surface area contributed by atoms with E-state index in [-0.39, 0.29) is 18.3 Å². The normalized spacial score (nSPS) is 36.0. The van der Waals surface area contributed by atoms with E-state index in [0.29, 0.717) is 13.0 Å². The number of thiophene rings is 1. The van der Waals surface area contributed by atoms with Crippen LogP contribution in [-0.2, 0) is 16.6 Å². The van der Waals surface area contributed by atoms with Crippen molar-refractivity contribution in [1.29, 1.82) is 0 Å². The molecule has 3 atom stereocenters. The van der Waals surface area contributed by atoms with E-state index in [1.165, 1.54) is 4.88 Å². The van der Waals surface area contributed by atoms with E-state index in [1.807, 2.05) is 24.4 Å². The van der Waals surface area contributed by atoms with Crippen LogP contribution in [0.15, 0.2) is 35.8 Å². The molecule has 2 aromatic rings. The van der Waals surface area contributed by atoms with Crippen LogP contribution in [0.1, 0.15) is 66.0 Å². The van der Waals surface area contributed by atoms with Gasteiger partial charge in [0.25, 0.3) is 0 Å². The number of ether oxygens (including phenoxy) is 2. The standard InChI is InChI=1S/C23H31NO3S/c1-26-19-9-15-28-20(19)6-2-4-10-22(21-7-3-5-13-24-21)12-14-27-23(17-22)11-8-18(25)16-23/h3,5,7,9,13,15,18,25H,2,4,6,8,10-12,14,16-17H2,1H3/t18?,22-,23?/m1/s1/i8D2,18D. The van der Waals surface area contributed by atoms with Crippen molar-refractivity contribution in [2.24, 2.45) is 0 Å². The predicted molar refractivity (Wildman–Crippen MR) is 112 cm³/mol. The first kappa shape index (κ1) is 16.4. The Morgan fingerprint density at radius 2 is 2.32 bits per heavy atom. The molecule has 28 heavy (non-hydrogen) atoms. The first-order valence-electron chi connectivity index (χ1n) is 11.6. The summed E-state index contributed by atoms with van der Waals surface area (Å²) in [5.74, 6) is 0.956. The maximum absolute atomic E-state index is 10.4. The number of rotatable bonds is 7. The van der Waals surface area contributed by atoms with Gasteiger partial charge in [-0.25, -0.2) is 0 Å². The van der Waals surface area contributed by atoms with Crippen molar-refractivity contribution in [3.8, 4) is 5.75 Å². The van der Waals surface area contributed by atoms with Crippen molar-refractivity contribution < 1.29 is 18.7 Å². The Balaban J connectivity index is 1.52. The Morgan fingerprint density at radius 1 is 1.39 bits per heavy atom. The summed E-state index contributed by atoms with van der Waals surface area (Å²) in [5.41, 5.74) is -0.0604. The first-order chi connectivity index (χ1) is 14.7. The predicted octanol–water partition coefficient (Wildman–Crippen LogP) is 4.90. The van der Waals surface area contributed by atoms with Crippen LogP contribution in [0.3, 0.4) is 0 Å². The van der Waals surface area contributed by atoms with Crippen molar-refractivity contribution in [1.82, 2.24) is 4.98 Å². The molecule has 1 aliphatic carbocycles. The van der Waals surface area contributed by atoms with E-state index in [0.717, 1.165) is 43.5 Å². The van der Waals surface area contributed by atoms with E-state index in [4.69, 9.17) is 13.6 Å². The zero-order valence-electron chi connectivity index (χ0n) is 19.4. The number of unbranched alkanes of at least 4 members (excludes halogenated alkanes) is 1. The van der Waals surface area contributed by atoms with Gasteiger partial charge >= 0.3 is 0 Å². The molecule has 0 aromatic carbocycles. The van der Waals surface area contributed by atoms with Crippen LogP contribution in [0, 0.1) is 0 Å². The van der Waals surface area contributed by atoms with Gasteiger partial charge in [-0.1, -0.05) is 12.5 Å². The summed E-state index contributed by atoms with van der Waals surface area (Å²) in [6.45, 7) is 0.488. The lowest BCUT2D eigenvalue weighted by atomic mass is 9.67. The molecule has 2 fully saturated rings. The minimum absolute atomic E-state index is 0.00597. The van der Waals surface area contributed by atoms with Crippen molar-refractivity contribution in [3.63, 3.8) is 0 Å². The molecular weight excluding hydrogens is 370 g/mol. The first-order valence-corrected chi connectivity index (χ1v) is 11.0. The number of aliphatic hydroxyl groups is 1. The maximum atomic E-state index is 10.4. The third-order valence-corrected chi connectivity index (χ3v) is 7.16. The van der Waals surface area contributed by atoms with Crippen LogP contribution in [0.2, 0.25) is 0 Å². The molecule has 1 spiro atoms. The molecule has 1 saturated carbocycles. The van der Waals surface area contributed by atoms with Crippen molar-refractivity contribution in [3.05, 3.63) is 46.4 Å². The van der Waals surface area contributed by atoms with Crippen molar-refractivity contribution in [2.45, 2.75) is 74.8 Å². The van der Waals surface area contributed by atoms with Crippen LogP contribution in [0.25, 0.3) is 0 Å². The molecule has 5 heteroatoms. The fraction of sp³-hybridized carbons (Fsp3) is 0.609. The highest BCUT2D eigenvalue weighted by molar-refractivity contribution is 7.10. The molecule has 1 aliphatic heterocycles. The van der Waals surface area contributed by atoms with Crippen LogP contribution < -0.4 is 4.74 Å². The lowest BCUT2D eigenvalue weighted by Crippen LogP contribution is -2.46. The molecule has 4 nitrogen and oxygen atoms in total. The Kier molecular flexibility index (Phi) is 4.98. The molecule has 2 aliphatic rings. The Bertz CT molecular complexity index is 873. The number of methoxy groups -OCH3 is 1. The summed E-state index contributed by atoms with van der Waals surface area (Å²) in [5, 5.41) is 12.5. The molecule has 1 N–H and O–H groups in total. The second-order valence-electron chi connectivity index (χ2n) is 8.05. The van der Waals surface area contributed by atoms with Gasteiger partial charge in [0.05, 0.1) is 20.2 Å². The highest BCUT2D eigenvalue weighted by atomic mass is 32.1. The maximum Gasteiger partial charge on any atom is 0.132 e. The summed E-state index contributed by atoms with van der Waals surface area (Å²) in [6.07, 6.45) is 3.05. The smallest absolute Gasteiger partial charge is 0.132 e. The lowest BCUT2D eigenvalue weighted by molar-refractivity contribution is -0.109. The van der Waals surface area contributed by atoms with Gasteiger partial charge < -0.3 is 14.6 Å². The van der Waals surface area contributed by atoms with Crippen molar-refractivity contribution >= 4 is 11.3 Å². The lowest BCUT2D eigenvalue weighted by Gasteiger charge is -2.46. The number of aryl methyl sites for hydroxylation is 1. The average Bonchev–Trinajstić information content (AvgIpc) is 3.24. The van der Waals surface area contributed by atoms with Gasteiger partial charge in [0.15, 0.2) is 0 Å². The van der Waals surface area contributed by atoms with Gasteiger partial charge in [-0.15, -0.1) is 11.3 Å². The van der Waals surface area contributed by atoms with Gasteiger partial charge in [0, 0.05) is 38.0 Å². The SMILES string of the molecule is [2H]C1([2H])CC2(CC1([2H])O)C[C@](CCCCc1sccc1OC)(c1ccccn1)CCO2. The third kappa shape index (κ3) is 4.12. The summed E-state index contributed by atoms with van der Waals surface area (Å²) < 4.78 is 36.1. The van der Waals surface area contributed by atoms with Crippen LogP contribution in [-0.4, -0.2) is 35.5 Å². The van der Waals surface area contributed by atoms with Gasteiger partial charge in [-0.3, -0.25) is 4.98 Å². The van der Waals surface area contributed by atoms with Crippen molar-refractivity contribution in [2.75, 3.05) is 13.7 Å². The Morgan fingerprint density at radius 3 is 3.07 bits per heavy atom. The second kappa shape index (κ2) is 8.52. The Labute approximate surface area is 176 Å². The van der Waals surface area contributed by atoms with E-state index in [2.05, 4.69) is 16.4 Å². The molecule has 3 heterocycles. The minimum Gasteiger partial charge on any atom is -0.496 e. The van der Waals surface area contributed by atoms with Crippen LogP contribution in [0.4, 0.5) is 0 Å². The molecule has 0 radical (unpaired) electrons. The molecule has 152 valence electrons. The summed E-state index contributed by atoms with van der Waals surface area (Å²) in [4.78, 5) is 5.95. The van der Waals surface area contributed by atoms with Gasteiger partial charge in [0.1, 0.15) is 5.75 Å². The number of hydrogen-bond donors (Lipinski definition) is 1. The second-order valence-corrected chi connectivity index (χ2v) is 9.05. The number of nitrogens with zero attached hydrogens (tertiary/aromatic N) is 1. The van der Waals surface area contributed by atoms with Gasteiger partial charge in [-0.05, 0) is 68.5 Å². The number of pyridine rings is 1. The monoisotopic (exact) mass is 404 g/mol. The number of aromatic nitrogens is 1. The number of hydrogen-bond acceptors (Lipinski definition) is 5. The molecule has 4 rings (SSSR count). The summed E-state index contributed by atoms with van der Waals surface area (Å²) >= 11 is 1.72. The van der Waals surface area contributed by atoms with Gasteiger partial charge in [0.2, 0.25) is 0 Å². The fourth-order valence-corrected chi connectivity index (χ4v) is 5.70.